The number of rotatable bonds is 6. The van der Waals surface area contributed by atoms with Crippen molar-refractivity contribution in [1.82, 2.24) is 0 Å². The Morgan fingerprint density at radius 2 is 1.67 bits per heavy atom. The maximum Gasteiger partial charge on any atom is 0.262 e. The van der Waals surface area contributed by atoms with Gasteiger partial charge in [-0.3, -0.25) is 9.59 Å². The van der Waals surface area contributed by atoms with E-state index in [0.717, 1.165) is 4.47 Å². The van der Waals surface area contributed by atoms with Crippen LogP contribution in [0.1, 0.15) is 13.8 Å². The zero-order valence-electron chi connectivity index (χ0n) is 13.5. The van der Waals surface area contributed by atoms with Crippen LogP contribution in [0.4, 0.5) is 11.4 Å². The normalized spacial score (nSPS) is 10.3. The van der Waals surface area contributed by atoms with E-state index in [1.165, 1.54) is 0 Å². The van der Waals surface area contributed by atoms with Crippen LogP contribution in [0.15, 0.2) is 53.0 Å². The molecule has 2 N–H and O–H groups in total. The minimum Gasteiger partial charge on any atom is -0.484 e. The molecule has 0 saturated heterocycles. The molecule has 0 bridgehead atoms. The minimum absolute atomic E-state index is 0.0470. The minimum atomic E-state index is -0.256. The largest absolute Gasteiger partial charge is 0.484 e. The van der Waals surface area contributed by atoms with Gasteiger partial charge in [0.05, 0.1) is 0 Å². The summed E-state index contributed by atoms with van der Waals surface area (Å²) in [7, 11) is 0. The van der Waals surface area contributed by atoms with Crippen LogP contribution >= 0.6 is 15.9 Å². The van der Waals surface area contributed by atoms with Crippen molar-refractivity contribution >= 4 is 39.1 Å². The van der Waals surface area contributed by atoms with Gasteiger partial charge in [-0.15, -0.1) is 0 Å². The Kier molecular flexibility index (Phi) is 6.37. The van der Waals surface area contributed by atoms with Crippen molar-refractivity contribution in [1.29, 1.82) is 0 Å². The Balaban J connectivity index is 1.84. The van der Waals surface area contributed by atoms with Gasteiger partial charge < -0.3 is 15.4 Å². The lowest BCUT2D eigenvalue weighted by Gasteiger charge is -2.10. The van der Waals surface area contributed by atoms with E-state index in [2.05, 4.69) is 26.6 Å². The average Bonchev–Trinajstić information content (AvgIpc) is 2.55. The summed E-state index contributed by atoms with van der Waals surface area (Å²) in [6.45, 7) is 3.58. The SMILES string of the molecule is CC(C)C(=O)Nc1ccc(NC(=O)COc2cccc(Br)c2)cc1. The molecule has 0 spiro atoms. The van der Waals surface area contributed by atoms with Crippen molar-refractivity contribution in [3.05, 3.63) is 53.0 Å². The van der Waals surface area contributed by atoms with E-state index in [1.807, 2.05) is 26.0 Å². The lowest BCUT2D eigenvalue weighted by atomic mass is 10.2. The number of carbonyl (C=O) groups excluding carboxylic acids is 2. The van der Waals surface area contributed by atoms with Gasteiger partial charge in [-0.05, 0) is 42.5 Å². The third-order valence-electron chi connectivity index (χ3n) is 3.13. The second kappa shape index (κ2) is 8.49. The molecule has 6 heteroatoms. The quantitative estimate of drug-likeness (QED) is 0.781. The smallest absolute Gasteiger partial charge is 0.262 e. The molecule has 24 heavy (non-hydrogen) atoms. The predicted molar refractivity (Wildman–Crippen MR) is 98.2 cm³/mol. The van der Waals surface area contributed by atoms with Crippen LogP contribution in [0.2, 0.25) is 0 Å². The number of halogens is 1. The van der Waals surface area contributed by atoms with E-state index in [4.69, 9.17) is 4.74 Å². The predicted octanol–water partition coefficient (Wildman–Crippen LogP) is 4.06. The van der Waals surface area contributed by atoms with Crippen LogP contribution in [-0.4, -0.2) is 18.4 Å². The number of amides is 2. The van der Waals surface area contributed by atoms with E-state index in [-0.39, 0.29) is 24.3 Å². The Labute approximate surface area is 149 Å². The third-order valence-corrected chi connectivity index (χ3v) is 3.62. The molecular formula is C18H19BrN2O3. The van der Waals surface area contributed by atoms with Crippen molar-refractivity contribution in [2.75, 3.05) is 17.2 Å². The first-order chi connectivity index (χ1) is 11.4. The maximum absolute atomic E-state index is 11.9. The Morgan fingerprint density at radius 1 is 1.04 bits per heavy atom. The average molecular weight is 391 g/mol. The highest BCUT2D eigenvalue weighted by atomic mass is 79.9. The van der Waals surface area contributed by atoms with Gasteiger partial charge in [0.15, 0.2) is 6.61 Å². The fourth-order valence-corrected chi connectivity index (χ4v) is 2.20. The molecule has 0 aliphatic rings. The van der Waals surface area contributed by atoms with Gasteiger partial charge in [0.25, 0.3) is 5.91 Å². The molecule has 0 fully saturated rings. The van der Waals surface area contributed by atoms with Crippen LogP contribution in [0.3, 0.4) is 0 Å². The van der Waals surface area contributed by atoms with Gasteiger partial charge in [-0.1, -0.05) is 35.8 Å². The summed E-state index contributed by atoms with van der Waals surface area (Å²) in [5.41, 5.74) is 1.33. The van der Waals surface area contributed by atoms with Crippen molar-refractivity contribution in [3.63, 3.8) is 0 Å². The summed E-state index contributed by atoms with van der Waals surface area (Å²) in [6.07, 6.45) is 0. The highest BCUT2D eigenvalue weighted by Gasteiger charge is 2.08. The molecule has 0 atom stereocenters. The fraction of sp³-hybridized carbons (Fsp3) is 0.222. The summed E-state index contributed by atoms with van der Waals surface area (Å²) in [6, 6.07) is 14.2. The van der Waals surface area contributed by atoms with Crippen LogP contribution < -0.4 is 15.4 Å². The topological polar surface area (TPSA) is 67.4 Å². The van der Waals surface area contributed by atoms with Crippen LogP contribution in [0, 0.1) is 5.92 Å². The molecule has 0 aliphatic carbocycles. The van der Waals surface area contributed by atoms with E-state index in [9.17, 15) is 9.59 Å². The van der Waals surface area contributed by atoms with Gasteiger partial charge in [0, 0.05) is 21.8 Å². The lowest BCUT2D eigenvalue weighted by molar-refractivity contribution is -0.119. The van der Waals surface area contributed by atoms with Crippen molar-refractivity contribution < 1.29 is 14.3 Å². The zero-order chi connectivity index (χ0) is 17.5. The summed E-state index contributed by atoms with van der Waals surface area (Å²) < 4.78 is 6.31. The zero-order valence-corrected chi connectivity index (χ0v) is 15.1. The summed E-state index contributed by atoms with van der Waals surface area (Å²) in [5, 5.41) is 5.53. The third kappa shape index (κ3) is 5.70. The Morgan fingerprint density at radius 3 is 2.25 bits per heavy atom. The number of hydrogen-bond donors (Lipinski definition) is 2. The Bertz CT molecular complexity index is 714. The first-order valence-electron chi connectivity index (χ1n) is 7.53. The molecule has 5 nitrogen and oxygen atoms in total. The van der Waals surface area contributed by atoms with Crippen LogP contribution in [-0.2, 0) is 9.59 Å². The van der Waals surface area contributed by atoms with Crippen molar-refractivity contribution in [2.45, 2.75) is 13.8 Å². The summed E-state index contributed by atoms with van der Waals surface area (Å²) in [4.78, 5) is 23.5. The van der Waals surface area contributed by atoms with E-state index in [0.29, 0.717) is 17.1 Å². The van der Waals surface area contributed by atoms with Crippen LogP contribution in [0.5, 0.6) is 5.75 Å². The standard InChI is InChI=1S/C18H19BrN2O3/c1-12(2)18(23)21-15-8-6-14(7-9-15)20-17(22)11-24-16-5-3-4-13(19)10-16/h3-10,12H,11H2,1-2H3,(H,20,22)(H,21,23). The highest BCUT2D eigenvalue weighted by Crippen LogP contribution is 2.18. The second-order valence-corrected chi connectivity index (χ2v) is 6.43. The molecule has 126 valence electrons. The number of anilines is 2. The molecule has 0 aromatic heterocycles. The number of hydrogen-bond acceptors (Lipinski definition) is 3. The van der Waals surface area contributed by atoms with Crippen molar-refractivity contribution in [2.24, 2.45) is 5.92 Å². The molecular weight excluding hydrogens is 372 g/mol. The van der Waals surface area contributed by atoms with Gasteiger partial charge in [-0.25, -0.2) is 0 Å². The molecule has 2 amide bonds. The molecule has 2 rings (SSSR count). The van der Waals surface area contributed by atoms with E-state index in [1.54, 1.807) is 36.4 Å². The number of nitrogens with one attached hydrogen (secondary N) is 2. The molecule has 0 radical (unpaired) electrons. The molecule has 2 aromatic rings. The maximum atomic E-state index is 11.9. The Hall–Kier alpha value is -2.34. The number of benzene rings is 2. The molecule has 2 aromatic carbocycles. The lowest BCUT2D eigenvalue weighted by Crippen LogP contribution is -2.20. The van der Waals surface area contributed by atoms with E-state index < -0.39 is 0 Å². The molecule has 0 saturated carbocycles. The molecule has 0 heterocycles. The monoisotopic (exact) mass is 390 g/mol. The van der Waals surface area contributed by atoms with Gasteiger partial charge in [0.2, 0.25) is 5.91 Å². The first-order valence-corrected chi connectivity index (χ1v) is 8.32. The van der Waals surface area contributed by atoms with Crippen molar-refractivity contribution in [3.8, 4) is 5.75 Å². The van der Waals surface area contributed by atoms with E-state index >= 15 is 0 Å². The van der Waals surface area contributed by atoms with Gasteiger partial charge >= 0.3 is 0 Å². The van der Waals surface area contributed by atoms with Gasteiger partial charge in [-0.2, -0.15) is 0 Å². The number of ether oxygens (including phenoxy) is 1. The number of carbonyl (C=O) groups is 2. The van der Waals surface area contributed by atoms with Crippen LogP contribution in [0.25, 0.3) is 0 Å². The van der Waals surface area contributed by atoms with Gasteiger partial charge in [0.1, 0.15) is 5.75 Å². The fourth-order valence-electron chi connectivity index (χ4n) is 1.83. The molecule has 0 aliphatic heterocycles. The first kappa shape index (κ1) is 18.0. The highest BCUT2D eigenvalue weighted by molar-refractivity contribution is 9.10. The summed E-state index contributed by atoms with van der Waals surface area (Å²) >= 11 is 3.34. The molecule has 0 unspecified atom stereocenters. The summed E-state index contributed by atoms with van der Waals surface area (Å²) in [5.74, 6) is 0.231. The second-order valence-electron chi connectivity index (χ2n) is 5.52.